The standard InChI is InChI=1S/C13H13N3O2/c17-12(15-10-5-6-10)8-18-13-11-4-2-1-3-9(11)7-14-16-13/h1-4,7,10H,5-6,8H2,(H,15,17). The first-order valence-electron chi connectivity index (χ1n) is 5.95. The number of carbonyl (C=O) groups excluding carboxylic acids is 1. The second-order valence-electron chi connectivity index (χ2n) is 4.37. The van der Waals surface area contributed by atoms with E-state index in [1.807, 2.05) is 24.3 Å². The number of aromatic nitrogens is 2. The fourth-order valence-electron chi connectivity index (χ4n) is 1.74. The van der Waals surface area contributed by atoms with Crippen molar-refractivity contribution < 1.29 is 9.53 Å². The lowest BCUT2D eigenvalue weighted by Crippen LogP contribution is -2.30. The van der Waals surface area contributed by atoms with Gasteiger partial charge in [-0.15, -0.1) is 5.10 Å². The zero-order valence-electron chi connectivity index (χ0n) is 9.80. The molecular formula is C13H13N3O2. The molecule has 1 N–H and O–H groups in total. The van der Waals surface area contributed by atoms with Crippen molar-refractivity contribution in [2.45, 2.75) is 18.9 Å². The van der Waals surface area contributed by atoms with E-state index in [1.165, 1.54) is 0 Å². The third-order valence-corrected chi connectivity index (χ3v) is 2.82. The van der Waals surface area contributed by atoms with Crippen LogP contribution < -0.4 is 10.1 Å². The van der Waals surface area contributed by atoms with Crippen LogP contribution in [0.1, 0.15) is 12.8 Å². The molecule has 5 heteroatoms. The summed E-state index contributed by atoms with van der Waals surface area (Å²) in [5, 5.41) is 12.5. The van der Waals surface area contributed by atoms with Crippen molar-refractivity contribution in [3.63, 3.8) is 0 Å². The summed E-state index contributed by atoms with van der Waals surface area (Å²) >= 11 is 0. The van der Waals surface area contributed by atoms with Gasteiger partial charge in [0.1, 0.15) is 0 Å². The Balaban J connectivity index is 1.71. The number of hydrogen-bond acceptors (Lipinski definition) is 4. The molecule has 1 saturated carbocycles. The number of carbonyl (C=O) groups is 1. The highest BCUT2D eigenvalue weighted by Gasteiger charge is 2.23. The summed E-state index contributed by atoms with van der Waals surface area (Å²) in [5.41, 5.74) is 0. The first-order chi connectivity index (χ1) is 8.83. The number of benzene rings is 1. The van der Waals surface area contributed by atoms with Crippen LogP contribution in [0.2, 0.25) is 0 Å². The third kappa shape index (κ3) is 2.40. The molecule has 1 aromatic heterocycles. The maximum Gasteiger partial charge on any atom is 0.258 e. The SMILES string of the molecule is O=C(COc1nncc2ccccc12)NC1CC1. The first-order valence-corrected chi connectivity index (χ1v) is 5.95. The number of fused-ring (bicyclic) bond motifs is 1. The number of amides is 1. The van der Waals surface area contributed by atoms with E-state index >= 15 is 0 Å². The molecule has 0 spiro atoms. The maximum absolute atomic E-state index is 11.5. The van der Waals surface area contributed by atoms with Gasteiger partial charge in [-0.2, -0.15) is 5.10 Å². The van der Waals surface area contributed by atoms with Crippen LogP contribution in [0.3, 0.4) is 0 Å². The lowest BCUT2D eigenvalue weighted by molar-refractivity contribution is -0.123. The molecule has 1 heterocycles. The molecule has 0 bridgehead atoms. The Morgan fingerprint density at radius 1 is 1.39 bits per heavy atom. The Bertz CT molecular complexity index is 576. The lowest BCUT2D eigenvalue weighted by atomic mass is 10.2. The summed E-state index contributed by atoms with van der Waals surface area (Å²) in [5.74, 6) is 0.297. The highest BCUT2D eigenvalue weighted by molar-refractivity contribution is 5.86. The van der Waals surface area contributed by atoms with Crippen molar-refractivity contribution in [3.05, 3.63) is 30.5 Å². The Kier molecular flexibility index (Phi) is 2.80. The van der Waals surface area contributed by atoms with Crippen molar-refractivity contribution in [2.75, 3.05) is 6.61 Å². The number of ether oxygens (including phenoxy) is 1. The third-order valence-electron chi connectivity index (χ3n) is 2.82. The zero-order chi connectivity index (χ0) is 12.4. The minimum absolute atomic E-state index is 0.0147. The molecule has 3 rings (SSSR count). The van der Waals surface area contributed by atoms with Gasteiger partial charge in [0.2, 0.25) is 5.88 Å². The van der Waals surface area contributed by atoms with Crippen molar-refractivity contribution in [1.82, 2.24) is 15.5 Å². The largest absolute Gasteiger partial charge is 0.466 e. The van der Waals surface area contributed by atoms with E-state index in [4.69, 9.17) is 4.74 Å². The molecule has 0 aliphatic heterocycles. The van der Waals surface area contributed by atoms with E-state index in [9.17, 15) is 4.79 Å². The van der Waals surface area contributed by atoms with Gasteiger partial charge in [-0.25, -0.2) is 0 Å². The quantitative estimate of drug-likeness (QED) is 0.878. The number of rotatable bonds is 4. The Hall–Kier alpha value is -2.17. The van der Waals surface area contributed by atoms with Crippen molar-refractivity contribution >= 4 is 16.7 Å². The highest BCUT2D eigenvalue weighted by Crippen LogP contribution is 2.21. The van der Waals surface area contributed by atoms with Gasteiger partial charge >= 0.3 is 0 Å². The minimum atomic E-state index is -0.104. The molecule has 92 valence electrons. The summed E-state index contributed by atoms with van der Waals surface area (Å²) in [6.45, 7) is -0.0147. The molecule has 1 aliphatic rings. The highest BCUT2D eigenvalue weighted by atomic mass is 16.5. The van der Waals surface area contributed by atoms with Gasteiger partial charge in [0.05, 0.1) is 6.20 Å². The van der Waals surface area contributed by atoms with Gasteiger partial charge < -0.3 is 10.1 Å². The van der Waals surface area contributed by atoms with Crippen LogP contribution in [-0.2, 0) is 4.79 Å². The average Bonchev–Trinajstić information content (AvgIpc) is 3.20. The monoisotopic (exact) mass is 243 g/mol. The van der Waals surface area contributed by atoms with Crippen LogP contribution in [-0.4, -0.2) is 28.8 Å². The van der Waals surface area contributed by atoms with Gasteiger partial charge in [-0.05, 0) is 18.9 Å². The summed E-state index contributed by atoms with van der Waals surface area (Å²) < 4.78 is 5.42. The maximum atomic E-state index is 11.5. The van der Waals surface area contributed by atoms with Crippen LogP contribution in [0.15, 0.2) is 30.5 Å². The summed E-state index contributed by atoms with van der Waals surface area (Å²) in [6.07, 6.45) is 3.81. The molecule has 1 aromatic carbocycles. The molecule has 1 aliphatic carbocycles. The van der Waals surface area contributed by atoms with Crippen LogP contribution in [0.25, 0.3) is 10.8 Å². The molecule has 1 amide bonds. The molecule has 1 fully saturated rings. The van der Waals surface area contributed by atoms with Crippen LogP contribution in [0.5, 0.6) is 5.88 Å². The van der Waals surface area contributed by atoms with Gasteiger partial charge in [-0.3, -0.25) is 4.79 Å². The molecule has 18 heavy (non-hydrogen) atoms. The van der Waals surface area contributed by atoms with Crippen molar-refractivity contribution in [1.29, 1.82) is 0 Å². The van der Waals surface area contributed by atoms with Crippen molar-refractivity contribution in [3.8, 4) is 5.88 Å². The number of hydrogen-bond donors (Lipinski definition) is 1. The minimum Gasteiger partial charge on any atom is -0.466 e. The van der Waals surface area contributed by atoms with Crippen LogP contribution in [0.4, 0.5) is 0 Å². The van der Waals surface area contributed by atoms with Gasteiger partial charge in [-0.1, -0.05) is 18.2 Å². The molecule has 0 radical (unpaired) electrons. The Labute approximate surface area is 104 Å². The van der Waals surface area contributed by atoms with Crippen LogP contribution in [0, 0.1) is 0 Å². The first kappa shape index (κ1) is 11.0. The number of nitrogens with zero attached hydrogens (tertiary/aromatic N) is 2. The molecule has 2 aromatic rings. The predicted octanol–water partition coefficient (Wildman–Crippen LogP) is 1.29. The van der Waals surface area contributed by atoms with E-state index in [2.05, 4.69) is 15.5 Å². The smallest absolute Gasteiger partial charge is 0.258 e. The van der Waals surface area contributed by atoms with E-state index < -0.39 is 0 Å². The summed E-state index contributed by atoms with van der Waals surface area (Å²) in [6, 6.07) is 8.01. The molecule has 0 saturated heterocycles. The Morgan fingerprint density at radius 2 is 2.22 bits per heavy atom. The molecule has 5 nitrogen and oxygen atoms in total. The van der Waals surface area contributed by atoms with Gasteiger partial charge in [0, 0.05) is 16.8 Å². The number of nitrogens with one attached hydrogen (secondary N) is 1. The normalized spacial score (nSPS) is 14.4. The summed E-state index contributed by atoms with van der Waals surface area (Å²) in [4.78, 5) is 11.5. The lowest BCUT2D eigenvalue weighted by Gasteiger charge is -2.07. The van der Waals surface area contributed by atoms with Crippen molar-refractivity contribution in [2.24, 2.45) is 0 Å². The predicted molar refractivity (Wildman–Crippen MR) is 66.2 cm³/mol. The van der Waals surface area contributed by atoms with E-state index in [0.717, 1.165) is 23.6 Å². The van der Waals surface area contributed by atoms with E-state index in [0.29, 0.717) is 11.9 Å². The summed E-state index contributed by atoms with van der Waals surface area (Å²) in [7, 11) is 0. The second-order valence-corrected chi connectivity index (χ2v) is 4.37. The van der Waals surface area contributed by atoms with Gasteiger partial charge in [0.15, 0.2) is 6.61 Å². The molecule has 0 atom stereocenters. The molecular weight excluding hydrogens is 230 g/mol. The Morgan fingerprint density at radius 3 is 3.06 bits per heavy atom. The second kappa shape index (κ2) is 4.60. The van der Waals surface area contributed by atoms with Crippen LogP contribution >= 0.6 is 0 Å². The molecule has 0 unspecified atom stereocenters. The fourth-order valence-corrected chi connectivity index (χ4v) is 1.74. The van der Waals surface area contributed by atoms with Gasteiger partial charge in [0.25, 0.3) is 5.91 Å². The van der Waals surface area contributed by atoms with E-state index in [1.54, 1.807) is 6.20 Å². The topological polar surface area (TPSA) is 64.1 Å². The fraction of sp³-hybridized carbons (Fsp3) is 0.308. The van der Waals surface area contributed by atoms with E-state index in [-0.39, 0.29) is 12.5 Å². The zero-order valence-corrected chi connectivity index (χ0v) is 9.80. The average molecular weight is 243 g/mol.